The van der Waals surface area contributed by atoms with Crippen LogP contribution < -0.4 is 10.6 Å². The third-order valence-electron chi connectivity index (χ3n) is 3.93. The van der Waals surface area contributed by atoms with Gasteiger partial charge in [0.25, 0.3) is 0 Å². The van der Waals surface area contributed by atoms with Crippen LogP contribution in [-0.4, -0.2) is 36.4 Å². The normalized spacial score (nSPS) is 11.6. The van der Waals surface area contributed by atoms with Crippen LogP contribution in [0.15, 0.2) is 35.3 Å². The number of aliphatic imine (C=N–C) groups is 1. The molecule has 0 saturated heterocycles. The molecule has 1 heterocycles. The molecule has 0 unspecified atom stereocenters. The van der Waals surface area contributed by atoms with E-state index in [1.54, 1.807) is 14.2 Å². The van der Waals surface area contributed by atoms with Crippen molar-refractivity contribution in [1.29, 1.82) is 0 Å². The highest BCUT2D eigenvalue weighted by Crippen LogP contribution is 2.06. The number of guanidine groups is 1. The Morgan fingerprint density at radius 3 is 2.68 bits per heavy atom. The average Bonchev–Trinajstić information content (AvgIpc) is 2.92. The lowest BCUT2D eigenvalue weighted by atomic mass is 10.1. The first-order valence-electron chi connectivity index (χ1n) is 8.64. The van der Waals surface area contributed by atoms with Gasteiger partial charge in [0, 0.05) is 39.5 Å². The zero-order chi connectivity index (χ0) is 18.1. The van der Waals surface area contributed by atoms with E-state index >= 15 is 0 Å². The highest BCUT2D eigenvalue weighted by Gasteiger charge is 2.02. The molecule has 0 radical (unpaired) electrons. The van der Waals surface area contributed by atoms with E-state index in [-0.39, 0.29) is 0 Å². The van der Waals surface area contributed by atoms with E-state index in [0.29, 0.717) is 6.61 Å². The molecule has 0 aliphatic carbocycles. The van der Waals surface area contributed by atoms with E-state index in [2.05, 4.69) is 62.7 Å². The smallest absolute Gasteiger partial charge is 0.191 e. The molecule has 6 nitrogen and oxygen atoms in total. The fourth-order valence-corrected chi connectivity index (χ4v) is 2.74. The molecular formula is C19H29N5O. The van der Waals surface area contributed by atoms with Crippen molar-refractivity contribution in [2.75, 3.05) is 20.7 Å². The lowest BCUT2D eigenvalue weighted by Gasteiger charge is -2.13. The van der Waals surface area contributed by atoms with Crippen LogP contribution in [0.4, 0.5) is 0 Å². The molecule has 0 spiro atoms. The fourth-order valence-electron chi connectivity index (χ4n) is 2.74. The molecule has 1 aromatic carbocycles. The van der Waals surface area contributed by atoms with Gasteiger partial charge in [-0.1, -0.05) is 24.3 Å². The number of rotatable bonds is 8. The molecular weight excluding hydrogens is 314 g/mol. The van der Waals surface area contributed by atoms with E-state index in [9.17, 15) is 0 Å². The molecule has 0 amide bonds. The first-order chi connectivity index (χ1) is 12.1. The standard InChI is InChI=1S/C19H29N5O/c1-15-11-16(2)24(23-15)10-6-9-21-19(20-3)22-13-17-7-5-8-18(12-17)14-25-4/h5,7-8,11-12H,6,9-10,13-14H2,1-4H3,(H2,20,21,22). The van der Waals surface area contributed by atoms with Crippen molar-refractivity contribution < 1.29 is 4.74 Å². The Balaban J connectivity index is 1.73. The lowest BCUT2D eigenvalue weighted by molar-refractivity contribution is 0.185. The molecule has 136 valence electrons. The Morgan fingerprint density at radius 2 is 2.00 bits per heavy atom. The van der Waals surface area contributed by atoms with Crippen molar-refractivity contribution >= 4 is 5.96 Å². The van der Waals surface area contributed by atoms with Crippen LogP contribution in [-0.2, 0) is 24.4 Å². The van der Waals surface area contributed by atoms with Gasteiger partial charge in [-0.25, -0.2) is 0 Å². The van der Waals surface area contributed by atoms with Gasteiger partial charge in [-0.15, -0.1) is 0 Å². The molecule has 2 rings (SSSR count). The predicted molar refractivity (Wildman–Crippen MR) is 102 cm³/mol. The molecule has 0 aliphatic heterocycles. The predicted octanol–water partition coefficient (Wildman–Crippen LogP) is 2.40. The molecule has 0 bridgehead atoms. The van der Waals surface area contributed by atoms with Crippen LogP contribution in [0.3, 0.4) is 0 Å². The number of methoxy groups -OCH3 is 1. The monoisotopic (exact) mass is 343 g/mol. The molecule has 0 fully saturated rings. The van der Waals surface area contributed by atoms with E-state index in [0.717, 1.165) is 37.7 Å². The summed E-state index contributed by atoms with van der Waals surface area (Å²) in [5, 5.41) is 11.2. The number of hydrogen-bond donors (Lipinski definition) is 2. The van der Waals surface area contributed by atoms with E-state index in [4.69, 9.17) is 4.74 Å². The van der Waals surface area contributed by atoms with Crippen molar-refractivity contribution in [2.45, 2.75) is 40.0 Å². The maximum atomic E-state index is 5.18. The number of nitrogens with one attached hydrogen (secondary N) is 2. The van der Waals surface area contributed by atoms with Crippen LogP contribution in [0.1, 0.15) is 28.9 Å². The van der Waals surface area contributed by atoms with Gasteiger partial charge in [0.15, 0.2) is 5.96 Å². The SMILES string of the molecule is CN=C(NCCCn1nc(C)cc1C)NCc1cccc(COC)c1. The summed E-state index contributed by atoms with van der Waals surface area (Å²) in [4.78, 5) is 4.28. The minimum atomic E-state index is 0.632. The Morgan fingerprint density at radius 1 is 1.20 bits per heavy atom. The van der Waals surface area contributed by atoms with Crippen molar-refractivity contribution in [3.8, 4) is 0 Å². The summed E-state index contributed by atoms with van der Waals surface area (Å²) in [6.45, 7) is 7.23. The fraction of sp³-hybridized carbons (Fsp3) is 0.474. The molecule has 0 saturated carbocycles. The second-order valence-corrected chi connectivity index (χ2v) is 6.11. The molecule has 1 aromatic heterocycles. The Bertz CT molecular complexity index is 693. The summed E-state index contributed by atoms with van der Waals surface area (Å²) in [6, 6.07) is 10.5. The van der Waals surface area contributed by atoms with Gasteiger partial charge in [-0.3, -0.25) is 9.67 Å². The first-order valence-corrected chi connectivity index (χ1v) is 8.64. The van der Waals surface area contributed by atoms with Crippen molar-refractivity contribution in [3.63, 3.8) is 0 Å². The van der Waals surface area contributed by atoms with Gasteiger partial charge in [-0.2, -0.15) is 5.10 Å². The van der Waals surface area contributed by atoms with Crippen molar-refractivity contribution in [2.24, 2.45) is 4.99 Å². The summed E-state index contributed by atoms with van der Waals surface area (Å²) >= 11 is 0. The first kappa shape index (κ1) is 19.0. The quantitative estimate of drug-likeness (QED) is 0.439. The van der Waals surface area contributed by atoms with Crippen LogP contribution >= 0.6 is 0 Å². The zero-order valence-electron chi connectivity index (χ0n) is 15.7. The largest absolute Gasteiger partial charge is 0.380 e. The van der Waals surface area contributed by atoms with Crippen molar-refractivity contribution in [1.82, 2.24) is 20.4 Å². The number of ether oxygens (including phenoxy) is 1. The lowest BCUT2D eigenvalue weighted by Crippen LogP contribution is -2.37. The Labute approximate surface area is 150 Å². The van der Waals surface area contributed by atoms with Gasteiger partial charge in [-0.05, 0) is 37.5 Å². The molecule has 6 heteroatoms. The van der Waals surface area contributed by atoms with E-state index in [1.807, 2.05) is 6.92 Å². The number of nitrogens with zero attached hydrogens (tertiary/aromatic N) is 3. The van der Waals surface area contributed by atoms with Gasteiger partial charge < -0.3 is 15.4 Å². The highest BCUT2D eigenvalue weighted by molar-refractivity contribution is 5.79. The van der Waals surface area contributed by atoms with Gasteiger partial charge in [0.1, 0.15) is 0 Å². The second kappa shape index (κ2) is 9.84. The second-order valence-electron chi connectivity index (χ2n) is 6.11. The molecule has 2 aromatic rings. The van der Waals surface area contributed by atoms with Crippen LogP contribution in [0.5, 0.6) is 0 Å². The van der Waals surface area contributed by atoms with Crippen LogP contribution in [0.25, 0.3) is 0 Å². The summed E-state index contributed by atoms with van der Waals surface area (Å²) in [7, 11) is 3.50. The average molecular weight is 343 g/mol. The molecule has 0 aliphatic rings. The summed E-state index contributed by atoms with van der Waals surface area (Å²) in [5.74, 6) is 0.811. The topological polar surface area (TPSA) is 63.5 Å². The molecule has 2 N–H and O–H groups in total. The summed E-state index contributed by atoms with van der Waals surface area (Å²) in [5.41, 5.74) is 4.66. The minimum absolute atomic E-state index is 0.632. The molecule has 0 atom stereocenters. The number of aryl methyl sites for hydroxylation is 3. The summed E-state index contributed by atoms with van der Waals surface area (Å²) in [6.07, 6.45) is 0.992. The van der Waals surface area contributed by atoms with Crippen molar-refractivity contribution in [3.05, 3.63) is 52.8 Å². The van der Waals surface area contributed by atoms with Crippen LogP contribution in [0, 0.1) is 13.8 Å². The van der Waals surface area contributed by atoms with Gasteiger partial charge in [0.2, 0.25) is 0 Å². The Hall–Kier alpha value is -2.34. The number of benzene rings is 1. The summed E-state index contributed by atoms with van der Waals surface area (Å²) < 4.78 is 7.23. The van der Waals surface area contributed by atoms with E-state index < -0.39 is 0 Å². The number of hydrogen-bond acceptors (Lipinski definition) is 3. The van der Waals surface area contributed by atoms with Gasteiger partial charge in [0.05, 0.1) is 12.3 Å². The molecule has 25 heavy (non-hydrogen) atoms. The third kappa shape index (κ3) is 6.23. The maximum absolute atomic E-state index is 5.18. The van der Waals surface area contributed by atoms with Crippen LogP contribution in [0.2, 0.25) is 0 Å². The van der Waals surface area contributed by atoms with E-state index in [1.165, 1.54) is 16.8 Å². The Kier molecular flexibility index (Phi) is 7.47. The minimum Gasteiger partial charge on any atom is -0.380 e. The zero-order valence-corrected chi connectivity index (χ0v) is 15.7. The van der Waals surface area contributed by atoms with Gasteiger partial charge >= 0.3 is 0 Å². The number of aromatic nitrogens is 2. The highest BCUT2D eigenvalue weighted by atomic mass is 16.5. The maximum Gasteiger partial charge on any atom is 0.191 e. The third-order valence-corrected chi connectivity index (χ3v) is 3.93.